The lowest BCUT2D eigenvalue weighted by atomic mass is 9.96. The third kappa shape index (κ3) is 4.56. The Morgan fingerprint density at radius 2 is 1.88 bits per heavy atom. The highest BCUT2D eigenvalue weighted by Gasteiger charge is 2.33. The van der Waals surface area contributed by atoms with E-state index in [1.807, 2.05) is 38.8 Å². The van der Waals surface area contributed by atoms with E-state index in [0.29, 0.717) is 12.5 Å². The molecule has 1 aromatic heterocycles. The zero-order valence-corrected chi connectivity index (χ0v) is 15.1. The average Bonchev–Trinajstić information content (AvgIpc) is 2.54. The second kappa shape index (κ2) is 7.79. The highest BCUT2D eigenvalue weighted by molar-refractivity contribution is 5.65. The van der Waals surface area contributed by atoms with Crippen molar-refractivity contribution in [2.75, 3.05) is 31.1 Å². The Balaban J connectivity index is 1.95. The van der Waals surface area contributed by atoms with Gasteiger partial charge in [-0.1, -0.05) is 6.92 Å². The van der Waals surface area contributed by atoms with Gasteiger partial charge in [-0.25, -0.2) is 24.8 Å². The molecule has 0 unspecified atom stereocenters. The number of carbonyl (C=O) groups is 1. The second-order valence-corrected chi connectivity index (χ2v) is 7.25. The summed E-state index contributed by atoms with van der Waals surface area (Å²) in [6, 6.07) is 1.82. The van der Waals surface area contributed by atoms with Crippen molar-refractivity contribution in [2.45, 2.75) is 46.1 Å². The predicted octanol–water partition coefficient (Wildman–Crippen LogP) is 2.71. The van der Waals surface area contributed by atoms with Gasteiger partial charge in [-0.3, -0.25) is 0 Å². The number of rotatable bonds is 5. The van der Waals surface area contributed by atoms with Crippen LogP contribution in [-0.4, -0.2) is 62.9 Å². The SMILES string of the molecule is CCN(CC1CCN(c2ncccn2)CC1)N(C(=O)O)C(C)(C)C. The molecule has 7 nitrogen and oxygen atoms in total. The third-order valence-electron chi connectivity index (χ3n) is 4.38. The van der Waals surface area contributed by atoms with Gasteiger partial charge in [0.2, 0.25) is 5.95 Å². The van der Waals surface area contributed by atoms with Crippen LogP contribution in [0.25, 0.3) is 0 Å². The van der Waals surface area contributed by atoms with Gasteiger partial charge in [0.25, 0.3) is 0 Å². The topological polar surface area (TPSA) is 72.8 Å². The Morgan fingerprint density at radius 1 is 1.29 bits per heavy atom. The molecule has 1 N–H and O–H groups in total. The van der Waals surface area contributed by atoms with Gasteiger partial charge in [-0.2, -0.15) is 0 Å². The third-order valence-corrected chi connectivity index (χ3v) is 4.38. The summed E-state index contributed by atoms with van der Waals surface area (Å²) in [5.41, 5.74) is -0.444. The van der Waals surface area contributed by atoms with E-state index in [-0.39, 0.29) is 0 Å². The van der Waals surface area contributed by atoms with Crippen LogP contribution >= 0.6 is 0 Å². The maximum atomic E-state index is 11.7. The molecule has 2 heterocycles. The van der Waals surface area contributed by atoms with E-state index in [9.17, 15) is 9.90 Å². The van der Waals surface area contributed by atoms with E-state index in [4.69, 9.17) is 0 Å². The molecule has 1 fully saturated rings. The minimum Gasteiger partial charge on any atom is -0.464 e. The number of hydrazine groups is 1. The number of hydrogen-bond acceptors (Lipinski definition) is 5. The summed E-state index contributed by atoms with van der Waals surface area (Å²) in [6.07, 6.45) is 4.68. The number of amides is 1. The van der Waals surface area contributed by atoms with Gasteiger partial charge in [0.05, 0.1) is 5.54 Å². The van der Waals surface area contributed by atoms with Crippen LogP contribution in [0.3, 0.4) is 0 Å². The fraction of sp³-hybridized carbons (Fsp3) is 0.706. The van der Waals surface area contributed by atoms with Gasteiger partial charge < -0.3 is 10.0 Å². The Kier molecular flexibility index (Phi) is 5.99. The summed E-state index contributed by atoms with van der Waals surface area (Å²) in [7, 11) is 0. The summed E-state index contributed by atoms with van der Waals surface area (Å²) in [4.78, 5) is 22.5. The minimum absolute atomic E-state index is 0.444. The van der Waals surface area contributed by atoms with Gasteiger partial charge >= 0.3 is 6.09 Å². The van der Waals surface area contributed by atoms with E-state index in [0.717, 1.165) is 38.4 Å². The quantitative estimate of drug-likeness (QED) is 0.834. The molecule has 1 aliphatic rings. The molecular formula is C17H29N5O2. The van der Waals surface area contributed by atoms with Gasteiger partial charge in [-0.15, -0.1) is 0 Å². The number of nitrogens with zero attached hydrogens (tertiary/aromatic N) is 5. The van der Waals surface area contributed by atoms with Crippen molar-refractivity contribution >= 4 is 12.0 Å². The van der Waals surface area contributed by atoms with Crippen LogP contribution in [0.4, 0.5) is 10.7 Å². The van der Waals surface area contributed by atoms with Crippen molar-refractivity contribution in [1.29, 1.82) is 0 Å². The first kappa shape index (κ1) is 18.4. The molecule has 0 bridgehead atoms. The molecule has 7 heteroatoms. The lowest BCUT2D eigenvalue weighted by Gasteiger charge is -2.43. The molecule has 1 aliphatic heterocycles. The molecule has 0 radical (unpaired) electrons. The Hall–Kier alpha value is -1.89. The number of carboxylic acid groups (broad SMARTS) is 1. The van der Waals surface area contributed by atoms with Gasteiger partial charge in [0, 0.05) is 38.6 Å². The standard InChI is InChI=1S/C17H29N5O2/c1-5-21(22(16(23)24)17(2,3)4)13-14-7-11-20(12-8-14)15-18-9-6-10-19-15/h6,9-10,14H,5,7-8,11-13H2,1-4H3,(H,23,24). The minimum atomic E-state index is -0.889. The largest absolute Gasteiger partial charge is 0.464 e. The van der Waals surface area contributed by atoms with E-state index in [2.05, 4.69) is 14.9 Å². The molecule has 0 atom stereocenters. The summed E-state index contributed by atoms with van der Waals surface area (Å²) in [5.74, 6) is 1.26. The molecule has 1 saturated heterocycles. The van der Waals surface area contributed by atoms with Gasteiger partial charge in [-0.05, 0) is 45.6 Å². The first-order chi connectivity index (χ1) is 11.3. The number of aromatic nitrogens is 2. The van der Waals surface area contributed by atoms with Crippen molar-refractivity contribution in [1.82, 2.24) is 20.0 Å². The number of anilines is 1. The van der Waals surface area contributed by atoms with E-state index < -0.39 is 11.6 Å². The molecule has 2 rings (SSSR count). The normalized spacial score (nSPS) is 16.5. The lowest BCUT2D eigenvalue weighted by Crippen LogP contribution is -2.57. The maximum absolute atomic E-state index is 11.7. The van der Waals surface area contributed by atoms with E-state index in [1.54, 1.807) is 12.4 Å². The fourth-order valence-electron chi connectivity index (χ4n) is 3.25. The Labute approximate surface area is 144 Å². The predicted molar refractivity (Wildman–Crippen MR) is 93.8 cm³/mol. The number of hydrogen-bond donors (Lipinski definition) is 1. The maximum Gasteiger partial charge on any atom is 0.422 e. The van der Waals surface area contributed by atoms with Gasteiger partial charge in [0.1, 0.15) is 0 Å². The summed E-state index contributed by atoms with van der Waals surface area (Å²) in [6.45, 7) is 11.1. The van der Waals surface area contributed by atoms with Crippen LogP contribution in [0.5, 0.6) is 0 Å². The molecule has 24 heavy (non-hydrogen) atoms. The van der Waals surface area contributed by atoms with Crippen LogP contribution in [-0.2, 0) is 0 Å². The molecular weight excluding hydrogens is 306 g/mol. The molecule has 0 saturated carbocycles. The van der Waals surface area contributed by atoms with Crippen molar-refractivity contribution in [3.8, 4) is 0 Å². The monoisotopic (exact) mass is 335 g/mol. The first-order valence-electron chi connectivity index (χ1n) is 8.63. The Morgan fingerprint density at radius 3 is 2.33 bits per heavy atom. The first-order valence-corrected chi connectivity index (χ1v) is 8.63. The van der Waals surface area contributed by atoms with E-state index >= 15 is 0 Å². The Bertz CT molecular complexity index is 524. The highest BCUT2D eigenvalue weighted by Crippen LogP contribution is 2.24. The molecule has 0 aromatic carbocycles. The smallest absolute Gasteiger partial charge is 0.422 e. The lowest BCUT2D eigenvalue weighted by molar-refractivity contribution is -0.0724. The molecule has 0 spiro atoms. The zero-order chi connectivity index (χ0) is 17.7. The van der Waals surface area contributed by atoms with Crippen molar-refractivity contribution in [3.05, 3.63) is 18.5 Å². The van der Waals surface area contributed by atoms with Crippen LogP contribution in [0.15, 0.2) is 18.5 Å². The van der Waals surface area contributed by atoms with Crippen LogP contribution in [0, 0.1) is 5.92 Å². The van der Waals surface area contributed by atoms with Crippen molar-refractivity contribution < 1.29 is 9.90 Å². The summed E-state index contributed by atoms with van der Waals surface area (Å²) < 4.78 is 0. The second-order valence-electron chi connectivity index (χ2n) is 7.25. The zero-order valence-electron chi connectivity index (χ0n) is 15.1. The molecule has 0 aliphatic carbocycles. The molecule has 134 valence electrons. The van der Waals surface area contributed by atoms with Crippen molar-refractivity contribution in [2.24, 2.45) is 5.92 Å². The van der Waals surface area contributed by atoms with Crippen molar-refractivity contribution in [3.63, 3.8) is 0 Å². The van der Waals surface area contributed by atoms with E-state index in [1.165, 1.54) is 5.01 Å². The van der Waals surface area contributed by atoms with Crippen LogP contribution < -0.4 is 4.90 Å². The van der Waals surface area contributed by atoms with Crippen LogP contribution in [0.1, 0.15) is 40.5 Å². The summed E-state index contributed by atoms with van der Waals surface area (Å²) >= 11 is 0. The molecule has 1 aromatic rings. The average molecular weight is 335 g/mol. The van der Waals surface area contributed by atoms with Crippen LogP contribution in [0.2, 0.25) is 0 Å². The fourth-order valence-corrected chi connectivity index (χ4v) is 3.25. The highest BCUT2D eigenvalue weighted by atomic mass is 16.4. The molecule has 1 amide bonds. The number of piperidine rings is 1. The summed E-state index contributed by atoms with van der Waals surface area (Å²) in [5, 5.41) is 13.0. The van der Waals surface area contributed by atoms with Gasteiger partial charge in [0.15, 0.2) is 0 Å².